The summed E-state index contributed by atoms with van der Waals surface area (Å²) in [5.41, 5.74) is 0.176. The summed E-state index contributed by atoms with van der Waals surface area (Å²) < 4.78 is 11.1. The molecule has 0 aliphatic carbocycles. The van der Waals surface area contributed by atoms with Crippen molar-refractivity contribution >= 4 is 5.91 Å². The van der Waals surface area contributed by atoms with Gasteiger partial charge in [0.05, 0.1) is 19.1 Å². The van der Waals surface area contributed by atoms with E-state index in [0.717, 1.165) is 25.8 Å². The van der Waals surface area contributed by atoms with Crippen LogP contribution in [0.25, 0.3) is 0 Å². The first-order chi connectivity index (χ1) is 10.8. The Morgan fingerprint density at radius 1 is 1.41 bits per heavy atom. The summed E-state index contributed by atoms with van der Waals surface area (Å²) in [6, 6.07) is 1.97. The Kier molecular flexibility index (Phi) is 4.49. The van der Waals surface area contributed by atoms with Gasteiger partial charge >= 0.3 is 0 Å². The summed E-state index contributed by atoms with van der Waals surface area (Å²) in [4.78, 5) is 22.3. The van der Waals surface area contributed by atoms with Crippen molar-refractivity contribution in [2.45, 2.75) is 25.4 Å². The van der Waals surface area contributed by atoms with Crippen LogP contribution in [-0.2, 0) is 9.53 Å². The largest absolute Gasteiger partial charge is 0.470 e. The highest BCUT2D eigenvalue weighted by molar-refractivity contribution is 5.79. The number of carbonyl (C=O) groups excluding carboxylic acids is 1. The minimum Gasteiger partial charge on any atom is -0.470 e. The molecule has 22 heavy (non-hydrogen) atoms. The maximum atomic E-state index is 12.4. The monoisotopic (exact) mass is 302 g/mol. The Bertz CT molecular complexity index is 580. The highest BCUT2D eigenvalue weighted by atomic mass is 16.5. The van der Waals surface area contributed by atoms with Crippen LogP contribution in [0.3, 0.4) is 0 Å². The van der Waals surface area contributed by atoms with Crippen LogP contribution in [0.1, 0.15) is 25.0 Å². The number of ether oxygens (including phenoxy) is 2. The van der Waals surface area contributed by atoms with Crippen molar-refractivity contribution < 1.29 is 14.3 Å². The van der Waals surface area contributed by atoms with E-state index >= 15 is 0 Å². The van der Waals surface area contributed by atoms with Crippen LogP contribution in [0.5, 0.6) is 5.88 Å². The zero-order valence-corrected chi connectivity index (χ0v) is 12.3. The number of aromatic nitrogens is 2. The second kappa shape index (κ2) is 6.71. The third kappa shape index (κ3) is 3.17. The first-order valence-corrected chi connectivity index (χ1v) is 7.52. The molecular formula is C15H18N4O3. The quantitative estimate of drug-likeness (QED) is 0.819. The lowest BCUT2D eigenvalue weighted by atomic mass is 10.0. The first-order valence-electron chi connectivity index (χ1n) is 7.52. The first kappa shape index (κ1) is 14.7. The fraction of sp³-hybridized carbons (Fsp3) is 0.600. The van der Waals surface area contributed by atoms with Crippen LogP contribution < -0.4 is 4.74 Å². The molecule has 7 nitrogen and oxygen atoms in total. The topological polar surface area (TPSA) is 88.3 Å². The third-order valence-corrected chi connectivity index (χ3v) is 4.02. The smallest absolute Gasteiger partial charge is 0.251 e. The van der Waals surface area contributed by atoms with Crippen molar-refractivity contribution in [2.24, 2.45) is 5.92 Å². The maximum absolute atomic E-state index is 12.4. The van der Waals surface area contributed by atoms with Crippen molar-refractivity contribution in [3.8, 4) is 11.9 Å². The molecule has 0 N–H and O–H groups in total. The fourth-order valence-corrected chi connectivity index (χ4v) is 2.87. The van der Waals surface area contributed by atoms with Gasteiger partial charge in [-0.05, 0) is 19.3 Å². The molecule has 2 aliphatic heterocycles. The second-order valence-corrected chi connectivity index (χ2v) is 5.55. The number of carbonyl (C=O) groups is 1. The number of hydrogen-bond donors (Lipinski definition) is 0. The predicted octanol–water partition coefficient (Wildman–Crippen LogP) is 0.755. The number of nitriles is 1. The van der Waals surface area contributed by atoms with E-state index in [9.17, 15) is 4.79 Å². The van der Waals surface area contributed by atoms with E-state index < -0.39 is 0 Å². The molecule has 2 aliphatic rings. The van der Waals surface area contributed by atoms with Crippen LogP contribution >= 0.6 is 0 Å². The lowest BCUT2D eigenvalue weighted by Gasteiger charge is -2.33. The molecule has 1 amide bonds. The zero-order chi connectivity index (χ0) is 15.4. The Hall–Kier alpha value is -2.20. The Morgan fingerprint density at radius 3 is 3.05 bits per heavy atom. The highest BCUT2D eigenvalue weighted by Gasteiger charge is 2.32. The molecule has 7 heteroatoms. The van der Waals surface area contributed by atoms with Gasteiger partial charge in [0.15, 0.2) is 0 Å². The number of rotatable bonds is 3. The highest BCUT2D eigenvalue weighted by Crippen LogP contribution is 2.22. The number of piperidine rings is 1. The lowest BCUT2D eigenvalue weighted by Crippen LogP contribution is -2.46. The molecule has 0 radical (unpaired) electrons. The van der Waals surface area contributed by atoms with Crippen LogP contribution in [-0.4, -0.2) is 53.2 Å². The van der Waals surface area contributed by atoms with Gasteiger partial charge in [-0.2, -0.15) is 5.26 Å². The molecular weight excluding hydrogens is 284 g/mol. The van der Waals surface area contributed by atoms with Crippen LogP contribution in [0, 0.1) is 17.2 Å². The van der Waals surface area contributed by atoms with Gasteiger partial charge in [-0.25, -0.2) is 9.97 Å². The van der Waals surface area contributed by atoms with E-state index in [4.69, 9.17) is 14.7 Å². The number of hydrogen-bond acceptors (Lipinski definition) is 6. The number of likely N-dealkylation sites (tertiary alicyclic amines) is 1. The average molecular weight is 302 g/mol. The van der Waals surface area contributed by atoms with Gasteiger partial charge in [0.2, 0.25) is 11.6 Å². The van der Waals surface area contributed by atoms with Gasteiger partial charge in [-0.3, -0.25) is 4.79 Å². The standard InChI is InChI=1S/C15H18N4O3/c16-8-13-14(18-5-4-17-13)22-12-2-1-6-19(9-12)15(20)11-3-7-21-10-11/h4-5,11-12H,1-3,6-7,9-10H2/t11-,12+/m1/s1. The van der Waals surface area contributed by atoms with Crippen molar-refractivity contribution in [2.75, 3.05) is 26.3 Å². The Morgan fingerprint density at radius 2 is 2.27 bits per heavy atom. The minimum absolute atomic E-state index is 0.0232. The van der Waals surface area contributed by atoms with Crippen LogP contribution in [0.15, 0.2) is 12.4 Å². The normalized spacial score (nSPS) is 24.8. The summed E-state index contributed by atoms with van der Waals surface area (Å²) in [6.45, 7) is 2.45. The Labute approximate surface area is 128 Å². The second-order valence-electron chi connectivity index (χ2n) is 5.55. The van der Waals surface area contributed by atoms with Gasteiger partial charge < -0.3 is 14.4 Å². The molecule has 0 unspecified atom stereocenters. The number of amides is 1. The summed E-state index contributed by atoms with van der Waals surface area (Å²) in [7, 11) is 0. The van der Waals surface area contributed by atoms with Crippen molar-refractivity contribution in [3.05, 3.63) is 18.1 Å². The van der Waals surface area contributed by atoms with E-state index in [1.54, 1.807) is 0 Å². The summed E-state index contributed by atoms with van der Waals surface area (Å²) in [6.07, 6.45) is 5.33. The summed E-state index contributed by atoms with van der Waals surface area (Å²) in [5, 5.41) is 9.02. The summed E-state index contributed by atoms with van der Waals surface area (Å²) in [5.74, 6) is 0.365. The van der Waals surface area contributed by atoms with E-state index in [1.165, 1.54) is 12.4 Å². The maximum Gasteiger partial charge on any atom is 0.251 e. The van der Waals surface area contributed by atoms with Gasteiger partial charge in [0, 0.05) is 25.5 Å². The zero-order valence-electron chi connectivity index (χ0n) is 12.3. The van der Waals surface area contributed by atoms with Crippen LogP contribution in [0.2, 0.25) is 0 Å². The molecule has 0 spiro atoms. The third-order valence-electron chi connectivity index (χ3n) is 4.02. The molecule has 1 aromatic rings. The van der Waals surface area contributed by atoms with Gasteiger partial charge in [0.1, 0.15) is 12.2 Å². The molecule has 3 heterocycles. The molecule has 0 bridgehead atoms. The van der Waals surface area contributed by atoms with E-state index in [1.807, 2.05) is 11.0 Å². The molecule has 2 saturated heterocycles. The van der Waals surface area contributed by atoms with E-state index in [2.05, 4.69) is 9.97 Å². The van der Waals surface area contributed by atoms with E-state index in [0.29, 0.717) is 19.8 Å². The number of nitrogens with zero attached hydrogens (tertiary/aromatic N) is 4. The molecule has 0 saturated carbocycles. The van der Waals surface area contributed by atoms with Gasteiger partial charge in [-0.15, -0.1) is 0 Å². The average Bonchev–Trinajstić information content (AvgIpc) is 3.09. The van der Waals surface area contributed by atoms with Gasteiger partial charge in [-0.1, -0.05) is 0 Å². The molecule has 2 atom stereocenters. The SMILES string of the molecule is N#Cc1nccnc1O[C@H]1CCCN(C(=O)[C@@H]2CCOC2)C1. The fourth-order valence-electron chi connectivity index (χ4n) is 2.87. The molecule has 3 rings (SSSR count). The van der Waals surface area contributed by atoms with Crippen molar-refractivity contribution in [1.29, 1.82) is 5.26 Å². The van der Waals surface area contributed by atoms with Crippen molar-refractivity contribution in [1.82, 2.24) is 14.9 Å². The summed E-state index contributed by atoms with van der Waals surface area (Å²) >= 11 is 0. The van der Waals surface area contributed by atoms with Crippen molar-refractivity contribution in [3.63, 3.8) is 0 Å². The Balaban J connectivity index is 1.63. The van der Waals surface area contributed by atoms with Gasteiger partial charge in [0.25, 0.3) is 5.88 Å². The molecule has 0 aromatic carbocycles. The molecule has 1 aromatic heterocycles. The predicted molar refractivity (Wildman–Crippen MR) is 75.9 cm³/mol. The lowest BCUT2D eigenvalue weighted by molar-refractivity contribution is -0.138. The minimum atomic E-state index is -0.149. The molecule has 116 valence electrons. The molecule has 2 fully saturated rings. The van der Waals surface area contributed by atoms with Crippen LogP contribution in [0.4, 0.5) is 0 Å². The van der Waals surface area contributed by atoms with E-state index in [-0.39, 0.29) is 29.5 Å².